The summed E-state index contributed by atoms with van der Waals surface area (Å²) in [7, 11) is 0. The first-order chi connectivity index (χ1) is 17.8. The minimum absolute atomic E-state index is 0.00207. The molecule has 1 atom stereocenters. The first-order valence-corrected chi connectivity index (χ1v) is 12.3. The first kappa shape index (κ1) is 23.5. The van der Waals surface area contributed by atoms with Crippen molar-refractivity contribution >= 4 is 40.1 Å². The van der Waals surface area contributed by atoms with Gasteiger partial charge in [0.25, 0.3) is 11.8 Å². The maximum atomic E-state index is 14.5. The number of carbonyl (C=O) groups excluding carboxylic acids is 2. The average Bonchev–Trinajstić information content (AvgIpc) is 3.27. The van der Waals surface area contributed by atoms with Crippen LogP contribution in [0.5, 0.6) is 0 Å². The quantitative estimate of drug-likeness (QED) is 0.438. The summed E-state index contributed by atoms with van der Waals surface area (Å²) in [6.45, 7) is 3.47. The van der Waals surface area contributed by atoms with Crippen molar-refractivity contribution in [3.8, 4) is 0 Å². The largest absolute Gasteiger partial charge is 0.450 e. The zero-order chi connectivity index (χ0) is 26.1. The number of carbonyl (C=O) groups is 2. The number of aryl methyl sites for hydroxylation is 2. The fourth-order valence-corrected chi connectivity index (χ4v) is 5.70. The van der Waals surface area contributed by atoms with Crippen molar-refractivity contribution in [2.45, 2.75) is 25.9 Å². The topological polar surface area (TPSA) is 91.1 Å². The van der Waals surface area contributed by atoms with Gasteiger partial charge in [-0.3, -0.25) is 14.4 Å². The summed E-state index contributed by atoms with van der Waals surface area (Å²) in [5, 5.41) is 10.8. The lowest BCUT2D eigenvalue weighted by atomic mass is 9.84. The second kappa shape index (κ2) is 8.30. The highest BCUT2D eigenvalue weighted by atomic mass is 35.5. The molecule has 0 saturated heterocycles. The number of hydrogen-bond donors (Lipinski definition) is 1. The van der Waals surface area contributed by atoms with E-state index in [1.807, 2.05) is 32.0 Å². The Morgan fingerprint density at radius 3 is 2.41 bits per heavy atom. The highest BCUT2D eigenvalue weighted by Crippen LogP contribution is 2.52. The number of aliphatic hydroxyl groups is 1. The molecule has 2 amide bonds. The Balaban J connectivity index is 1.65. The molecule has 0 fully saturated rings. The van der Waals surface area contributed by atoms with E-state index in [0.29, 0.717) is 21.7 Å². The number of rotatable bonds is 4. The first-order valence-electron chi connectivity index (χ1n) is 12.0. The summed E-state index contributed by atoms with van der Waals surface area (Å²) in [4.78, 5) is 45.2. The summed E-state index contributed by atoms with van der Waals surface area (Å²) >= 11 is 6.06. The third-order valence-corrected chi connectivity index (χ3v) is 7.68. The van der Waals surface area contributed by atoms with Gasteiger partial charge in [-0.05, 0) is 60.9 Å². The van der Waals surface area contributed by atoms with Crippen molar-refractivity contribution in [3.05, 3.63) is 109 Å². The van der Waals surface area contributed by atoms with Crippen molar-refractivity contribution < 1.29 is 19.1 Å². The molecule has 7 nitrogen and oxygen atoms in total. The highest BCUT2D eigenvalue weighted by Gasteiger charge is 2.64. The van der Waals surface area contributed by atoms with E-state index < -0.39 is 22.8 Å². The van der Waals surface area contributed by atoms with Gasteiger partial charge in [-0.1, -0.05) is 41.9 Å². The van der Waals surface area contributed by atoms with Gasteiger partial charge < -0.3 is 19.3 Å². The number of nitrogens with zero attached hydrogens (tertiary/aromatic N) is 2. The van der Waals surface area contributed by atoms with Crippen LogP contribution in [0.4, 0.5) is 5.69 Å². The smallest absolute Gasteiger partial charge is 0.291 e. The summed E-state index contributed by atoms with van der Waals surface area (Å²) in [6.07, 6.45) is 0. The average molecular weight is 515 g/mol. The molecule has 1 aromatic heterocycles. The molecular formula is C29H23ClN2O5. The van der Waals surface area contributed by atoms with Gasteiger partial charge in [0, 0.05) is 17.1 Å². The second-order valence-electron chi connectivity index (χ2n) is 9.49. The predicted molar refractivity (Wildman–Crippen MR) is 140 cm³/mol. The van der Waals surface area contributed by atoms with Crippen LogP contribution in [0.3, 0.4) is 0 Å². The predicted octanol–water partition coefficient (Wildman–Crippen LogP) is 4.30. The molecule has 4 aromatic rings. The molecule has 0 saturated carbocycles. The lowest BCUT2D eigenvalue weighted by Gasteiger charge is -2.33. The van der Waals surface area contributed by atoms with E-state index in [-0.39, 0.29) is 36.6 Å². The molecule has 186 valence electrons. The number of para-hydroxylation sites is 1. The maximum absolute atomic E-state index is 14.5. The molecule has 3 aromatic carbocycles. The number of halogens is 1. The van der Waals surface area contributed by atoms with Crippen LogP contribution in [-0.2, 0) is 16.9 Å². The van der Waals surface area contributed by atoms with E-state index in [9.17, 15) is 19.5 Å². The Morgan fingerprint density at radius 2 is 1.68 bits per heavy atom. The van der Waals surface area contributed by atoms with E-state index in [2.05, 4.69) is 0 Å². The van der Waals surface area contributed by atoms with Gasteiger partial charge in [-0.25, -0.2) is 0 Å². The number of aliphatic hydroxyl groups excluding tert-OH is 1. The summed E-state index contributed by atoms with van der Waals surface area (Å²) < 4.78 is 6.07. The second-order valence-corrected chi connectivity index (χ2v) is 9.93. The van der Waals surface area contributed by atoms with Crippen LogP contribution in [0.2, 0.25) is 5.02 Å². The lowest BCUT2D eigenvalue weighted by molar-refractivity contribution is -0.126. The number of anilines is 1. The molecule has 0 radical (unpaired) electrons. The zero-order valence-electron chi connectivity index (χ0n) is 20.2. The van der Waals surface area contributed by atoms with Crippen LogP contribution in [0, 0.1) is 13.8 Å². The summed E-state index contributed by atoms with van der Waals surface area (Å²) in [5.41, 5.74) is 1.86. The minimum atomic E-state index is -1.74. The van der Waals surface area contributed by atoms with E-state index >= 15 is 0 Å². The molecule has 2 aliphatic rings. The van der Waals surface area contributed by atoms with Crippen LogP contribution in [-0.4, -0.2) is 35.0 Å². The number of fused-ring (bicyclic) bond motifs is 5. The number of β-amino-alcohol motifs (C(OH)–C–C–N with tert-alkyl or cyclic N) is 1. The molecule has 1 unspecified atom stereocenters. The Labute approximate surface area is 217 Å². The van der Waals surface area contributed by atoms with Gasteiger partial charge in [0.05, 0.1) is 29.8 Å². The van der Waals surface area contributed by atoms with Crippen molar-refractivity contribution in [3.63, 3.8) is 0 Å². The SMILES string of the molecule is Cc1cc2oc3c(c(=O)c2cc1C)C1(C(=O)N(Cc2ccc(Cl)cc2)c2ccccc21)N(CCO)C3=O. The Bertz CT molecular complexity index is 1680. The standard InChI is InChI=1S/C29H23ClN2O5/c1-16-13-20-23(14-17(16)2)37-26-24(25(20)34)29(32(11-12-33)27(26)35)21-5-3-4-6-22(21)31(28(29)36)15-18-7-9-19(30)10-8-18/h3-10,13-14,33H,11-12,15H2,1-2H3. The Morgan fingerprint density at radius 1 is 0.973 bits per heavy atom. The van der Waals surface area contributed by atoms with Gasteiger partial charge >= 0.3 is 0 Å². The maximum Gasteiger partial charge on any atom is 0.291 e. The molecular weight excluding hydrogens is 492 g/mol. The van der Waals surface area contributed by atoms with Gasteiger partial charge in [-0.15, -0.1) is 0 Å². The third kappa shape index (κ3) is 3.14. The van der Waals surface area contributed by atoms with Crippen LogP contribution >= 0.6 is 11.6 Å². The van der Waals surface area contributed by atoms with Gasteiger partial charge in [0.2, 0.25) is 5.76 Å². The van der Waals surface area contributed by atoms with Crippen molar-refractivity contribution in [2.24, 2.45) is 0 Å². The van der Waals surface area contributed by atoms with Crippen LogP contribution < -0.4 is 10.3 Å². The fourth-order valence-electron chi connectivity index (χ4n) is 5.58. The number of amides is 2. The molecule has 6 rings (SSSR count). The lowest BCUT2D eigenvalue weighted by Crippen LogP contribution is -2.54. The Kier molecular flexibility index (Phi) is 5.26. The molecule has 3 heterocycles. The van der Waals surface area contributed by atoms with Crippen LogP contribution in [0.1, 0.15) is 38.4 Å². The zero-order valence-corrected chi connectivity index (χ0v) is 21.0. The van der Waals surface area contributed by atoms with Gasteiger partial charge in [-0.2, -0.15) is 0 Å². The van der Waals surface area contributed by atoms with E-state index in [1.165, 1.54) is 4.90 Å². The molecule has 1 N–H and O–H groups in total. The van der Waals surface area contributed by atoms with Crippen molar-refractivity contribution in [1.82, 2.24) is 4.90 Å². The molecule has 0 bridgehead atoms. The summed E-state index contributed by atoms with van der Waals surface area (Å²) in [6, 6.07) is 17.8. The normalized spacial score (nSPS) is 18.3. The highest BCUT2D eigenvalue weighted by molar-refractivity contribution is 6.30. The molecule has 1 spiro atoms. The monoisotopic (exact) mass is 514 g/mol. The van der Waals surface area contributed by atoms with Gasteiger partial charge in [0.1, 0.15) is 5.58 Å². The molecule has 8 heteroatoms. The summed E-state index contributed by atoms with van der Waals surface area (Å²) in [5.74, 6) is -1.21. The van der Waals surface area contributed by atoms with E-state index in [0.717, 1.165) is 16.7 Å². The molecule has 37 heavy (non-hydrogen) atoms. The molecule has 0 aliphatic carbocycles. The Hall–Kier alpha value is -3.94. The van der Waals surface area contributed by atoms with E-state index in [4.69, 9.17) is 16.0 Å². The van der Waals surface area contributed by atoms with Crippen LogP contribution in [0.15, 0.2) is 69.9 Å². The minimum Gasteiger partial charge on any atom is -0.450 e. The van der Waals surface area contributed by atoms with Crippen molar-refractivity contribution in [2.75, 3.05) is 18.1 Å². The van der Waals surface area contributed by atoms with E-state index in [1.54, 1.807) is 47.4 Å². The third-order valence-electron chi connectivity index (χ3n) is 7.43. The van der Waals surface area contributed by atoms with Crippen LogP contribution in [0.25, 0.3) is 11.0 Å². The number of hydrogen-bond acceptors (Lipinski definition) is 5. The number of benzene rings is 3. The van der Waals surface area contributed by atoms with Crippen molar-refractivity contribution in [1.29, 1.82) is 0 Å². The fraction of sp³-hybridized carbons (Fsp3) is 0.207. The van der Waals surface area contributed by atoms with Gasteiger partial charge in [0.15, 0.2) is 11.0 Å². The molecule has 2 aliphatic heterocycles.